The second kappa shape index (κ2) is 8.41. The number of hydrogen-bond acceptors (Lipinski definition) is 5. The van der Waals surface area contributed by atoms with E-state index in [1.165, 1.54) is 18.4 Å². The van der Waals surface area contributed by atoms with E-state index in [4.69, 9.17) is 4.42 Å². The second-order valence-electron chi connectivity index (χ2n) is 5.76. The molecule has 2 aromatic carbocycles. The van der Waals surface area contributed by atoms with Crippen LogP contribution in [-0.2, 0) is 10.0 Å². The largest absolute Gasteiger partial charge is 0.459 e. The molecule has 2 N–H and O–H groups in total. The first-order valence-electron chi connectivity index (χ1n) is 8.12. The normalized spacial score (nSPS) is 11.9. The van der Waals surface area contributed by atoms with Crippen LogP contribution < -0.4 is 10.1 Å². The molecule has 0 aliphatic rings. The number of carbonyl (C=O) groups excluding carboxylic acids is 1. The third-order valence-electron chi connectivity index (χ3n) is 3.74. The minimum Gasteiger partial charge on any atom is -0.459 e. The van der Waals surface area contributed by atoms with Crippen LogP contribution in [0.5, 0.6) is 0 Å². The number of hydrogen-bond donors (Lipinski definition) is 2. The molecule has 0 radical (unpaired) electrons. The highest BCUT2D eigenvalue weighted by atomic mass is 79.9. The summed E-state index contributed by atoms with van der Waals surface area (Å²) >= 11 is 3.26. The first kappa shape index (κ1) is 19.8. The Balaban J connectivity index is 1.74. The number of nitrogens with zero attached hydrogens (tertiary/aromatic N) is 1. The molecule has 7 nitrogen and oxygen atoms in total. The number of benzene rings is 2. The topological polar surface area (TPSA) is 101 Å². The van der Waals surface area contributed by atoms with E-state index in [1.54, 1.807) is 55.5 Å². The molecule has 9 heteroatoms. The molecule has 28 heavy (non-hydrogen) atoms. The highest BCUT2D eigenvalue weighted by molar-refractivity contribution is 9.10. The van der Waals surface area contributed by atoms with Crippen molar-refractivity contribution in [3.63, 3.8) is 0 Å². The predicted octanol–water partition coefficient (Wildman–Crippen LogP) is 4.00. The molecule has 0 aliphatic carbocycles. The van der Waals surface area contributed by atoms with Crippen molar-refractivity contribution in [1.82, 2.24) is 4.83 Å². The lowest BCUT2D eigenvalue weighted by molar-refractivity contribution is 0.0996. The van der Waals surface area contributed by atoms with Crippen molar-refractivity contribution >= 4 is 43.3 Å². The number of halogens is 1. The zero-order valence-corrected chi connectivity index (χ0v) is 17.1. The number of anilines is 1. The molecule has 0 spiro atoms. The van der Waals surface area contributed by atoms with Crippen LogP contribution in [-0.4, -0.2) is 20.0 Å². The summed E-state index contributed by atoms with van der Waals surface area (Å²) in [6.45, 7) is 1.66. The van der Waals surface area contributed by atoms with Gasteiger partial charge < -0.3 is 9.73 Å². The van der Waals surface area contributed by atoms with Crippen LogP contribution in [0.3, 0.4) is 0 Å². The lowest BCUT2D eigenvalue weighted by Gasteiger charge is -2.08. The van der Waals surface area contributed by atoms with Gasteiger partial charge in [-0.25, -0.2) is 0 Å². The Kier molecular flexibility index (Phi) is 5.96. The first-order chi connectivity index (χ1) is 13.3. The Morgan fingerprint density at radius 1 is 1.07 bits per heavy atom. The maximum absolute atomic E-state index is 12.3. The summed E-state index contributed by atoms with van der Waals surface area (Å²) in [6.07, 6.45) is 1.42. The highest BCUT2D eigenvalue weighted by Gasteiger charge is 2.13. The van der Waals surface area contributed by atoms with E-state index in [9.17, 15) is 13.2 Å². The van der Waals surface area contributed by atoms with Crippen molar-refractivity contribution in [2.75, 3.05) is 5.32 Å². The Morgan fingerprint density at radius 2 is 1.82 bits per heavy atom. The van der Waals surface area contributed by atoms with Gasteiger partial charge in [-0.15, -0.1) is 0 Å². The number of furan rings is 1. The van der Waals surface area contributed by atoms with Crippen LogP contribution in [0.1, 0.15) is 23.0 Å². The summed E-state index contributed by atoms with van der Waals surface area (Å²) in [5.41, 5.74) is 1.62. The van der Waals surface area contributed by atoms with Gasteiger partial charge in [-0.05, 0) is 61.0 Å². The Labute approximate surface area is 170 Å². The standard InChI is InChI=1S/C19H16BrN3O4S/c1-13(22-23-28(25,26)17-9-7-15(20)8-10-17)14-4-2-5-16(12-14)21-19(24)18-6-3-11-27-18/h2-12,23H,1H3,(H,21,24)/b22-13+. The van der Waals surface area contributed by atoms with Crippen molar-refractivity contribution in [2.24, 2.45) is 5.10 Å². The monoisotopic (exact) mass is 461 g/mol. The van der Waals surface area contributed by atoms with E-state index in [1.807, 2.05) is 0 Å². The van der Waals surface area contributed by atoms with Gasteiger partial charge in [0.2, 0.25) is 0 Å². The van der Waals surface area contributed by atoms with Crippen molar-refractivity contribution in [1.29, 1.82) is 0 Å². The fourth-order valence-electron chi connectivity index (χ4n) is 2.28. The van der Waals surface area contributed by atoms with Crippen LogP contribution >= 0.6 is 15.9 Å². The molecule has 0 unspecified atom stereocenters. The molecule has 1 aromatic heterocycles. The summed E-state index contributed by atoms with van der Waals surface area (Å²) in [5, 5.41) is 6.68. The number of rotatable bonds is 6. The quantitative estimate of drug-likeness (QED) is 0.427. The number of nitrogens with one attached hydrogen (secondary N) is 2. The molecule has 0 saturated carbocycles. The molecule has 1 amide bonds. The van der Waals surface area contributed by atoms with E-state index in [-0.39, 0.29) is 16.6 Å². The van der Waals surface area contributed by atoms with Crippen molar-refractivity contribution in [2.45, 2.75) is 11.8 Å². The zero-order chi connectivity index (χ0) is 20.1. The third kappa shape index (κ3) is 4.87. The fraction of sp³-hybridized carbons (Fsp3) is 0.0526. The molecule has 0 saturated heterocycles. The summed E-state index contributed by atoms with van der Waals surface area (Å²) in [6, 6.07) is 16.3. The van der Waals surface area contributed by atoms with Crippen molar-refractivity contribution in [3.05, 3.63) is 82.7 Å². The van der Waals surface area contributed by atoms with Gasteiger partial charge in [0.15, 0.2) is 5.76 Å². The summed E-state index contributed by atoms with van der Waals surface area (Å²) in [4.78, 5) is 14.4. The molecule has 144 valence electrons. The Morgan fingerprint density at radius 3 is 2.50 bits per heavy atom. The molecule has 3 rings (SSSR count). The van der Waals surface area contributed by atoms with Gasteiger partial charge in [0.1, 0.15) is 0 Å². The van der Waals surface area contributed by atoms with E-state index < -0.39 is 10.0 Å². The molecular formula is C19H16BrN3O4S. The number of amides is 1. The molecule has 3 aromatic rings. The number of carbonyl (C=O) groups is 1. The van der Waals surface area contributed by atoms with Gasteiger partial charge in [0.25, 0.3) is 15.9 Å². The first-order valence-corrected chi connectivity index (χ1v) is 10.4. The van der Waals surface area contributed by atoms with Gasteiger partial charge in [0, 0.05) is 10.2 Å². The van der Waals surface area contributed by atoms with E-state index >= 15 is 0 Å². The van der Waals surface area contributed by atoms with Gasteiger partial charge in [-0.2, -0.15) is 18.4 Å². The summed E-state index contributed by atoms with van der Waals surface area (Å²) in [7, 11) is -3.78. The van der Waals surface area contributed by atoms with Crippen LogP contribution in [0.15, 0.2) is 85.8 Å². The van der Waals surface area contributed by atoms with E-state index in [2.05, 4.69) is 31.2 Å². The summed E-state index contributed by atoms with van der Waals surface area (Å²) in [5.74, 6) is -0.189. The Hall–Kier alpha value is -2.91. The minimum absolute atomic E-state index is 0.103. The Bertz CT molecular complexity index is 1110. The molecule has 0 atom stereocenters. The van der Waals surface area contributed by atoms with Gasteiger partial charge in [-0.1, -0.05) is 28.1 Å². The minimum atomic E-state index is -3.78. The van der Waals surface area contributed by atoms with Crippen LogP contribution in [0.4, 0.5) is 5.69 Å². The molecule has 1 heterocycles. The van der Waals surface area contributed by atoms with Crippen LogP contribution in [0.2, 0.25) is 0 Å². The smallest absolute Gasteiger partial charge is 0.291 e. The predicted molar refractivity (Wildman–Crippen MR) is 110 cm³/mol. The van der Waals surface area contributed by atoms with Crippen molar-refractivity contribution in [3.8, 4) is 0 Å². The summed E-state index contributed by atoms with van der Waals surface area (Å²) < 4.78 is 30.5. The molecule has 0 bridgehead atoms. The fourth-order valence-corrected chi connectivity index (χ4v) is 3.40. The molecule has 0 aliphatic heterocycles. The average molecular weight is 462 g/mol. The van der Waals surface area contributed by atoms with Gasteiger partial charge >= 0.3 is 0 Å². The second-order valence-corrected chi connectivity index (χ2v) is 8.33. The number of hydrazone groups is 1. The van der Waals surface area contributed by atoms with Crippen molar-refractivity contribution < 1.29 is 17.6 Å². The zero-order valence-electron chi connectivity index (χ0n) is 14.7. The maximum Gasteiger partial charge on any atom is 0.291 e. The van der Waals surface area contributed by atoms with Gasteiger partial charge in [0.05, 0.1) is 16.9 Å². The third-order valence-corrected chi connectivity index (χ3v) is 5.49. The average Bonchev–Trinajstić information content (AvgIpc) is 3.22. The SMILES string of the molecule is C/C(=N\NS(=O)(=O)c1ccc(Br)cc1)c1cccc(NC(=O)c2ccco2)c1. The molecule has 0 fully saturated rings. The van der Waals surface area contributed by atoms with E-state index in [0.29, 0.717) is 17.0 Å². The highest BCUT2D eigenvalue weighted by Crippen LogP contribution is 2.16. The lowest BCUT2D eigenvalue weighted by Crippen LogP contribution is -2.20. The van der Waals surface area contributed by atoms with E-state index in [0.717, 1.165) is 4.47 Å². The lowest BCUT2D eigenvalue weighted by atomic mass is 10.1. The molecular weight excluding hydrogens is 446 g/mol. The van der Waals surface area contributed by atoms with Crippen LogP contribution in [0, 0.1) is 0 Å². The van der Waals surface area contributed by atoms with Crippen LogP contribution in [0.25, 0.3) is 0 Å². The number of sulfonamides is 1. The van der Waals surface area contributed by atoms with Gasteiger partial charge in [-0.3, -0.25) is 4.79 Å². The maximum atomic E-state index is 12.3.